The molecule has 0 spiro atoms. The summed E-state index contributed by atoms with van der Waals surface area (Å²) in [7, 11) is -4.18. The quantitative estimate of drug-likeness (QED) is 0.214. The molecule has 43 heavy (non-hydrogen) atoms. The number of likely N-dealkylation sites (N-methyl/N-ethyl adjacent to an activating group) is 1. The lowest BCUT2D eigenvalue weighted by Crippen LogP contribution is -2.53. The number of halogens is 1. The molecule has 4 aromatic rings. The highest BCUT2D eigenvalue weighted by molar-refractivity contribution is 7.92. The largest absolute Gasteiger partial charge is 0.355 e. The van der Waals surface area contributed by atoms with Gasteiger partial charge < -0.3 is 10.2 Å². The summed E-state index contributed by atoms with van der Waals surface area (Å²) in [5.74, 6) is -0.819. The standard InChI is InChI=1S/C34H36ClN3O4S/c1-4-36-34(40)32(22-27-8-6-5-7-9-27)37(23-28-14-10-25(2)11-15-28)33(39)24-38(30-18-12-26(3)13-19-30)43(41,42)31-20-16-29(35)17-21-31/h5-21,32H,4,22-24H2,1-3H3,(H,36,40)/t32-/m1/s1. The minimum Gasteiger partial charge on any atom is -0.355 e. The van der Waals surface area contributed by atoms with Crippen LogP contribution >= 0.6 is 11.6 Å². The molecule has 7 nitrogen and oxygen atoms in total. The van der Waals surface area contributed by atoms with Crippen molar-refractivity contribution in [1.29, 1.82) is 0 Å². The van der Waals surface area contributed by atoms with Gasteiger partial charge in [0.1, 0.15) is 12.6 Å². The van der Waals surface area contributed by atoms with Crippen LogP contribution in [0.3, 0.4) is 0 Å². The zero-order chi connectivity index (χ0) is 31.0. The molecule has 224 valence electrons. The molecule has 4 aromatic carbocycles. The summed E-state index contributed by atoms with van der Waals surface area (Å²) in [4.78, 5) is 29.4. The lowest BCUT2D eigenvalue weighted by molar-refractivity contribution is -0.140. The van der Waals surface area contributed by atoms with Crippen molar-refractivity contribution in [3.63, 3.8) is 0 Å². The summed E-state index contributed by atoms with van der Waals surface area (Å²) in [6.45, 7) is 5.69. The van der Waals surface area contributed by atoms with Crippen molar-refractivity contribution in [1.82, 2.24) is 10.2 Å². The first kappa shape index (κ1) is 31.8. The zero-order valence-corrected chi connectivity index (χ0v) is 26.1. The van der Waals surface area contributed by atoms with Gasteiger partial charge in [0, 0.05) is 24.5 Å². The Balaban J connectivity index is 1.78. The lowest BCUT2D eigenvalue weighted by atomic mass is 10.0. The molecule has 0 aliphatic rings. The number of hydrogen-bond acceptors (Lipinski definition) is 4. The van der Waals surface area contributed by atoms with Gasteiger partial charge in [-0.15, -0.1) is 0 Å². The highest BCUT2D eigenvalue weighted by atomic mass is 35.5. The van der Waals surface area contributed by atoms with Crippen molar-refractivity contribution < 1.29 is 18.0 Å². The van der Waals surface area contributed by atoms with E-state index in [2.05, 4.69) is 5.32 Å². The van der Waals surface area contributed by atoms with Crippen molar-refractivity contribution in [3.8, 4) is 0 Å². The fourth-order valence-corrected chi connectivity index (χ4v) is 6.25. The van der Waals surface area contributed by atoms with Crippen molar-refractivity contribution in [2.24, 2.45) is 0 Å². The summed E-state index contributed by atoms with van der Waals surface area (Å²) in [5.41, 5.74) is 4.04. The highest BCUT2D eigenvalue weighted by Gasteiger charge is 2.34. The summed E-state index contributed by atoms with van der Waals surface area (Å²) in [6.07, 6.45) is 0.263. The van der Waals surface area contributed by atoms with Crippen LogP contribution in [0.4, 0.5) is 5.69 Å². The Morgan fingerprint density at radius 1 is 0.791 bits per heavy atom. The third-order valence-corrected chi connectivity index (χ3v) is 9.14. The molecule has 4 rings (SSSR count). The molecule has 0 heterocycles. The van der Waals surface area contributed by atoms with E-state index in [4.69, 9.17) is 11.6 Å². The number of benzene rings is 4. The van der Waals surface area contributed by atoms with Gasteiger partial charge in [-0.2, -0.15) is 0 Å². The SMILES string of the molecule is CCNC(=O)[C@@H](Cc1ccccc1)N(Cc1ccc(C)cc1)C(=O)CN(c1ccc(C)cc1)S(=O)(=O)c1ccc(Cl)cc1. The number of hydrogen-bond donors (Lipinski definition) is 1. The van der Waals surface area contributed by atoms with E-state index < -0.39 is 28.5 Å². The molecule has 0 saturated heterocycles. The molecule has 2 amide bonds. The van der Waals surface area contributed by atoms with E-state index in [9.17, 15) is 18.0 Å². The Hall–Kier alpha value is -4.14. The number of carbonyl (C=O) groups is 2. The third-order valence-electron chi connectivity index (χ3n) is 7.10. The van der Waals surface area contributed by atoms with E-state index in [-0.39, 0.29) is 23.8 Å². The minimum absolute atomic E-state index is 0.0000730. The topological polar surface area (TPSA) is 86.8 Å². The molecule has 0 aliphatic heterocycles. The predicted octanol–water partition coefficient (Wildman–Crippen LogP) is 5.93. The van der Waals surface area contributed by atoms with Crippen LogP contribution in [0.2, 0.25) is 5.02 Å². The molecular formula is C34H36ClN3O4S. The second-order valence-electron chi connectivity index (χ2n) is 10.4. The molecule has 0 saturated carbocycles. The number of aryl methyl sites for hydroxylation is 2. The Labute approximate surface area is 259 Å². The zero-order valence-electron chi connectivity index (χ0n) is 24.5. The predicted molar refractivity (Wildman–Crippen MR) is 172 cm³/mol. The maximum Gasteiger partial charge on any atom is 0.264 e. The van der Waals surface area contributed by atoms with Crippen molar-refractivity contribution >= 4 is 39.1 Å². The van der Waals surface area contributed by atoms with Crippen LogP contribution in [0.15, 0.2) is 108 Å². The lowest BCUT2D eigenvalue weighted by Gasteiger charge is -2.34. The van der Waals surface area contributed by atoms with Crippen molar-refractivity contribution in [3.05, 3.63) is 130 Å². The minimum atomic E-state index is -4.18. The van der Waals surface area contributed by atoms with Crippen LogP contribution in [-0.2, 0) is 32.6 Å². The van der Waals surface area contributed by atoms with Gasteiger partial charge in [0.15, 0.2) is 0 Å². The number of anilines is 1. The Kier molecular flexibility index (Phi) is 10.6. The number of nitrogens with one attached hydrogen (secondary N) is 1. The molecule has 0 aromatic heterocycles. The summed E-state index contributed by atoms with van der Waals surface area (Å²) < 4.78 is 29.1. The van der Waals surface area contributed by atoms with Gasteiger partial charge in [0.05, 0.1) is 10.6 Å². The monoisotopic (exact) mass is 617 g/mol. The van der Waals surface area contributed by atoms with E-state index in [0.29, 0.717) is 17.3 Å². The van der Waals surface area contributed by atoms with Crippen LogP contribution < -0.4 is 9.62 Å². The van der Waals surface area contributed by atoms with Gasteiger partial charge >= 0.3 is 0 Å². The first-order valence-electron chi connectivity index (χ1n) is 14.1. The molecule has 0 fully saturated rings. The van der Waals surface area contributed by atoms with Gasteiger partial charge in [-0.1, -0.05) is 89.5 Å². The normalized spacial score (nSPS) is 11.9. The second-order valence-corrected chi connectivity index (χ2v) is 12.7. The third kappa shape index (κ3) is 8.24. The second kappa shape index (κ2) is 14.4. The average molecular weight is 618 g/mol. The van der Waals surface area contributed by atoms with Crippen LogP contribution in [0.1, 0.15) is 29.2 Å². The molecule has 0 bridgehead atoms. The van der Waals surface area contributed by atoms with Gasteiger partial charge in [0.2, 0.25) is 11.8 Å². The number of amides is 2. The van der Waals surface area contributed by atoms with E-state index in [1.807, 2.05) is 75.4 Å². The van der Waals surface area contributed by atoms with E-state index in [1.165, 1.54) is 29.2 Å². The van der Waals surface area contributed by atoms with Crippen LogP contribution in [0.5, 0.6) is 0 Å². The maximum absolute atomic E-state index is 14.4. The number of rotatable bonds is 12. The highest BCUT2D eigenvalue weighted by Crippen LogP contribution is 2.26. The molecule has 0 aliphatic carbocycles. The fraction of sp³-hybridized carbons (Fsp3) is 0.235. The van der Waals surface area contributed by atoms with E-state index in [0.717, 1.165) is 26.6 Å². The van der Waals surface area contributed by atoms with Crippen molar-refractivity contribution in [2.75, 3.05) is 17.4 Å². The first-order valence-corrected chi connectivity index (χ1v) is 15.9. The van der Waals surface area contributed by atoms with Gasteiger partial charge in [-0.3, -0.25) is 13.9 Å². The molecule has 0 unspecified atom stereocenters. The van der Waals surface area contributed by atoms with Crippen molar-refractivity contribution in [2.45, 2.75) is 44.7 Å². The maximum atomic E-state index is 14.4. The summed E-state index contributed by atoms with van der Waals surface area (Å²) in [5, 5.41) is 3.27. The van der Waals surface area contributed by atoms with Gasteiger partial charge in [0.25, 0.3) is 10.0 Å². The average Bonchev–Trinajstić information content (AvgIpc) is 3.00. The van der Waals surface area contributed by atoms with Gasteiger partial charge in [-0.05, 0) is 68.3 Å². The summed E-state index contributed by atoms with van der Waals surface area (Å²) >= 11 is 6.04. The smallest absolute Gasteiger partial charge is 0.264 e. The van der Waals surface area contributed by atoms with E-state index >= 15 is 0 Å². The number of sulfonamides is 1. The van der Waals surface area contributed by atoms with Gasteiger partial charge in [-0.25, -0.2) is 8.42 Å². The Bertz CT molecular complexity index is 1630. The van der Waals surface area contributed by atoms with Crippen LogP contribution in [0, 0.1) is 13.8 Å². The molecule has 1 atom stereocenters. The van der Waals surface area contributed by atoms with Crippen LogP contribution in [0.25, 0.3) is 0 Å². The fourth-order valence-electron chi connectivity index (χ4n) is 4.71. The molecule has 0 radical (unpaired) electrons. The van der Waals surface area contributed by atoms with E-state index in [1.54, 1.807) is 24.3 Å². The van der Waals surface area contributed by atoms with Crippen LogP contribution in [-0.4, -0.2) is 44.3 Å². The number of carbonyl (C=O) groups excluding carboxylic acids is 2. The Morgan fingerprint density at radius 3 is 1.95 bits per heavy atom. The first-order chi connectivity index (χ1) is 20.6. The number of nitrogens with zero attached hydrogens (tertiary/aromatic N) is 2. The molecular weight excluding hydrogens is 582 g/mol. The summed E-state index contributed by atoms with van der Waals surface area (Å²) in [6, 6.07) is 29.1. The molecule has 9 heteroatoms. The Morgan fingerprint density at radius 2 is 1.37 bits per heavy atom. The molecule has 1 N–H and O–H groups in total.